The van der Waals surface area contributed by atoms with Gasteiger partial charge in [-0.3, -0.25) is 4.40 Å². The van der Waals surface area contributed by atoms with E-state index in [0.717, 1.165) is 23.3 Å². The summed E-state index contributed by atoms with van der Waals surface area (Å²) in [7, 11) is 0. The van der Waals surface area contributed by atoms with Crippen LogP contribution < -0.4 is 5.32 Å². The van der Waals surface area contributed by atoms with Gasteiger partial charge in [0.15, 0.2) is 4.96 Å². The number of rotatable bonds is 4. The molecule has 0 bridgehead atoms. The molecule has 0 aliphatic heterocycles. The van der Waals surface area contributed by atoms with Gasteiger partial charge in [0.05, 0.1) is 11.4 Å². The first-order valence-electron chi connectivity index (χ1n) is 7.81. The third kappa shape index (κ3) is 2.63. The van der Waals surface area contributed by atoms with Gasteiger partial charge < -0.3 is 5.32 Å². The molecule has 0 amide bonds. The van der Waals surface area contributed by atoms with Gasteiger partial charge in [-0.05, 0) is 31.6 Å². The SMILES string of the molecule is Cc1nc2sccn2c1CNC1CCCCC1C(C)C. The highest BCUT2D eigenvalue weighted by Gasteiger charge is 2.27. The monoisotopic (exact) mass is 291 g/mol. The van der Waals surface area contributed by atoms with E-state index >= 15 is 0 Å². The number of nitrogens with one attached hydrogen (secondary N) is 1. The molecule has 0 spiro atoms. The van der Waals surface area contributed by atoms with Crippen molar-refractivity contribution in [1.82, 2.24) is 14.7 Å². The van der Waals surface area contributed by atoms with Crippen molar-refractivity contribution in [2.75, 3.05) is 0 Å². The molecule has 1 N–H and O–H groups in total. The normalized spacial score (nSPS) is 23.8. The van der Waals surface area contributed by atoms with E-state index in [-0.39, 0.29) is 0 Å². The smallest absolute Gasteiger partial charge is 0.194 e. The van der Waals surface area contributed by atoms with E-state index in [0.29, 0.717) is 6.04 Å². The van der Waals surface area contributed by atoms with Gasteiger partial charge in [0.2, 0.25) is 0 Å². The minimum absolute atomic E-state index is 0.673. The Bertz CT molecular complexity index is 569. The zero-order chi connectivity index (χ0) is 14.1. The molecule has 2 aromatic heterocycles. The third-order valence-corrected chi connectivity index (χ3v) is 5.53. The van der Waals surface area contributed by atoms with Crippen molar-refractivity contribution in [1.29, 1.82) is 0 Å². The maximum absolute atomic E-state index is 4.63. The lowest BCUT2D eigenvalue weighted by Crippen LogP contribution is -2.40. The molecule has 0 saturated heterocycles. The zero-order valence-corrected chi connectivity index (χ0v) is 13.5. The molecule has 0 aromatic carbocycles. The molecule has 20 heavy (non-hydrogen) atoms. The first kappa shape index (κ1) is 14.1. The molecule has 1 aliphatic rings. The van der Waals surface area contributed by atoms with Crippen LogP contribution in [-0.4, -0.2) is 15.4 Å². The fourth-order valence-corrected chi connectivity index (χ4v) is 4.37. The number of aromatic nitrogens is 2. The quantitative estimate of drug-likeness (QED) is 0.922. The largest absolute Gasteiger partial charge is 0.308 e. The summed E-state index contributed by atoms with van der Waals surface area (Å²) in [6.45, 7) is 7.80. The maximum atomic E-state index is 4.63. The van der Waals surface area contributed by atoms with Gasteiger partial charge in [-0.1, -0.05) is 26.7 Å². The number of hydrogen-bond acceptors (Lipinski definition) is 3. The van der Waals surface area contributed by atoms with E-state index in [1.165, 1.54) is 37.1 Å². The second kappa shape index (κ2) is 5.86. The van der Waals surface area contributed by atoms with Gasteiger partial charge in [0.25, 0.3) is 0 Å². The summed E-state index contributed by atoms with van der Waals surface area (Å²) < 4.78 is 2.24. The van der Waals surface area contributed by atoms with Crippen molar-refractivity contribution in [3.05, 3.63) is 23.0 Å². The molecular formula is C16H25N3S. The van der Waals surface area contributed by atoms with Gasteiger partial charge in [0.1, 0.15) is 0 Å². The van der Waals surface area contributed by atoms with Crippen LogP contribution in [0.1, 0.15) is 50.9 Å². The first-order chi connectivity index (χ1) is 9.66. The summed E-state index contributed by atoms with van der Waals surface area (Å²) in [6, 6.07) is 0.673. The van der Waals surface area contributed by atoms with Gasteiger partial charge in [0, 0.05) is 24.2 Å². The minimum Gasteiger partial charge on any atom is -0.308 e. The van der Waals surface area contributed by atoms with Crippen molar-refractivity contribution in [2.45, 2.75) is 59.0 Å². The second-order valence-corrected chi connectivity index (χ2v) is 7.25. The fourth-order valence-electron chi connectivity index (χ4n) is 3.59. The highest BCUT2D eigenvalue weighted by molar-refractivity contribution is 7.15. The van der Waals surface area contributed by atoms with E-state index in [1.54, 1.807) is 11.3 Å². The fraction of sp³-hybridized carbons (Fsp3) is 0.688. The average molecular weight is 291 g/mol. The molecule has 0 radical (unpaired) electrons. The molecule has 1 aliphatic carbocycles. The predicted molar refractivity (Wildman–Crippen MR) is 85.2 cm³/mol. The standard InChI is InChI=1S/C16H25N3S/c1-11(2)13-6-4-5-7-14(13)17-10-15-12(3)18-16-19(15)8-9-20-16/h8-9,11,13-14,17H,4-7,10H2,1-3H3. The number of hydrogen-bond donors (Lipinski definition) is 1. The first-order valence-corrected chi connectivity index (χ1v) is 8.69. The number of fused-ring (bicyclic) bond motifs is 1. The topological polar surface area (TPSA) is 29.3 Å². The van der Waals surface area contributed by atoms with Gasteiger partial charge in [-0.15, -0.1) is 11.3 Å². The molecule has 1 saturated carbocycles. The molecular weight excluding hydrogens is 266 g/mol. The Morgan fingerprint density at radius 3 is 3.00 bits per heavy atom. The van der Waals surface area contributed by atoms with Crippen LogP contribution in [-0.2, 0) is 6.54 Å². The Kier molecular flexibility index (Phi) is 4.13. The molecule has 2 heterocycles. The van der Waals surface area contributed by atoms with E-state index in [2.05, 4.69) is 47.0 Å². The highest BCUT2D eigenvalue weighted by Crippen LogP contribution is 2.30. The van der Waals surface area contributed by atoms with Crippen LogP contribution in [0.5, 0.6) is 0 Å². The average Bonchev–Trinajstić information content (AvgIpc) is 2.97. The molecule has 3 rings (SSSR count). The molecule has 2 unspecified atom stereocenters. The predicted octanol–water partition coefficient (Wildman–Crippen LogP) is 4.01. The van der Waals surface area contributed by atoms with Crippen molar-refractivity contribution in [3.63, 3.8) is 0 Å². The van der Waals surface area contributed by atoms with Crippen molar-refractivity contribution < 1.29 is 0 Å². The maximum Gasteiger partial charge on any atom is 0.194 e. The van der Waals surface area contributed by atoms with Crippen molar-refractivity contribution in [3.8, 4) is 0 Å². The summed E-state index contributed by atoms with van der Waals surface area (Å²) in [5, 5.41) is 5.94. The zero-order valence-electron chi connectivity index (χ0n) is 12.7. The number of nitrogens with zero attached hydrogens (tertiary/aromatic N) is 2. The number of imidazole rings is 1. The second-order valence-electron chi connectivity index (χ2n) is 6.38. The van der Waals surface area contributed by atoms with Crippen molar-refractivity contribution in [2.24, 2.45) is 11.8 Å². The summed E-state index contributed by atoms with van der Waals surface area (Å²) in [4.78, 5) is 5.75. The van der Waals surface area contributed by atoms with E-state index in [4.69, 9.17) is 0 Å². The van der Waals surface area contributed by atoms with Gasteiger partial charge >= 0.3 is 0 Å². The molecule has 2 atom stereocenters. The Balaban J connectivity index is 1.71. The molecule has 2 aromatic rings. The Labute approximate surface area is 125 Å². The summed E-state index contributed by atoms with van der Waals surface area (Å²) in [6.07, 6.45) is 7.63. The van der Waals surface area contributed by atoms with Crippen LogP contribution in [0.25, 0.3) is 4.96 Å². The third-order valence-electron chi connectivity index (χ3n) is 4.77. The number of aryl methyl sites for hydroxylation is 1. The van der Waals surface area contributed by atoms with Crippen LogP contribution in [0.2, 0.25) is 0 Å². The van der Waals surface area contributed by atoms with Crippen LogP contribution >= 0.6 is 11.3 Å². The van der Waals surface area contributed by atoms with Crippen LogP contribution in [0.4, 0.5) is 0 Å². The lowest BCUT2D eigenvalue weighted by atomic mass is 9.78. The summed E-state index contributed by atoms with van der Waals surface area (Å²) >= 11 is 1.71. The van der Waals surface area contributed by atoms with Gasteiger partial charge in [-0.2, -0.15) is 0 Å². The van der Waals surface area contributed by atoms with E-state index in [9.17, 15) is 0 Å². The Hall–Kier alpha value is -0.870. The van der Waals surface area contributed by atoms with Crippen LogP contribution in [0, 0.1) is 18.8 Å². The lowest BCUT2D eigenvalue weighted by Gasteiger charge is -2.35. The Morgan fingerprint density at radius 2 is 2.20 bits per heavy atom. The molecule has 1 fully saturated rings. The molecule has 3 nitrogen and oxygen atoms in total. The van der Waals surface area contributed by atoms with E-state index in [1.807, 2.05) is 0 Å². The lowest BCUT2D eigenvalue weighted by molar-refractivity contribution is 0.204. The highest BCUT2D eigenvalue weighted by atomic mass is 32.1. The molecule has 110 valence electrons. The van der Waals surface area contributed by atoms with Crippen LogP contribution in [0.3, 0.4) is 0 Å². The number of thiazole rings is 1. The van der Waals surface area contributed by atoms with E-state index < -0.39 is 0 Å². The minimum atomic E-state index is 0.673. The van der Waals surface area contributed by atoms with Crippen LogP contribution in [0.15, 0.2) is 11.6 Å². The van der Waals surface area contributed by atoms with Gasteiger partial charge in [-0.25, -0.2) is 4.98 Å². The summed E-state index contributed by atoms with van der Waals surface area (Å²) in [5.74, 6) is 1.61. The summed E-state index contributed by atoms with van der Waals surface area (Å²) in [5.41, 5.74) is 2.50. The van der Waals surface area contributed by atoms with Crippen molar-refractivity contribution >= 4 is 16.3 Å². The Morgan fingerprint density at radius 1 is 1.40 bits per heavy atom. The molecule has 4 heteroatoms.